The summed E-state index contributed by atoms with van der Waals surface area (Å²) >= 11 is 0. The molecule has 0 spiro atoms. The van der Waals surface area contributed by atoms with Gasteiger partial charge in [-0.25, -0.2) is 13.2 Å². The van der Waals surface area contributed by atoms with Gasteiger partial charge in [0.05, 0.1) is 24.2 Å². The molecule has 0 bridgehead atoms. The topological polar surface area (TPSA) is 160 Å². The van der Waals surface area contributed by atoms with Gasteiger partial charge >= 0.3 is 6.09 Å². The normalized spacial score (nSPS) is 30.6. The Bertz CT molecular complexity index is 1380. The van der Waals surface area contributed by atoms with Gasteiger partial charge in [0.25, 0.3) is 5.91 Å². The summed E-state index contributed by atoms with van der Waals surface area (Å²) < 4.78 is 38.1. The van der Waals surface area contributed by atoms with E-state index in [1.54, 1.807) is 36.2 Å². The fourth-order valence-electron chi connectivity index (χ4n) is 5.89. The molecule has 0 radical (unpaired) electrons. The lowest BCUT2D eigenvalue weighted by Crippen LogP contribution is -2.54. The van der Waals surface area contributed by atoms with E-state index in [1.807, 2.05) is 12.2 Å². The molecule has 42 heavy (non-hydrogen) atoms. The maximum absolute atomic E-state index is 13.8. The molecule has 13 heteroatoms. The van der Waals surface area contributed by atoms with Gasteiger partial charge in [-0.2, -0.15) is 0 Å². The Balaban J connectivity index is 1.33. The van der Waals surface area contributed by atoms with Crippen LogP contribution in [0.25, 0.3) is 0 Å². The van der Waals surface area contributed by atoms with Crippen LogP contribution in [0.1, 0.15) is 51.4 Å². The predicted molar refractivity (Wildman–Crippen MR) is 153 cm³/mol. The number of ether oxygens (including phenoxy) is 2. The van der Waals surface area contributed by atoms with Crippen LogP contribution in [0, 0.1) is 17.8 Å². The van der Waals surface area contributed by atoms with Crippen molar-refractivity contribution in [2.45, 2.75) is 68.3 Å². The molecule has 5 rings (SSSR count). The van der Waals surface area contributed by atoms with E-state index in [9.17, 15) is 27.6 Å². The number of amides is 4. The molecule has 228 valence electrons. The SMILES string of the molecule is COc1cccc(NC(=O)OC2CC3C(=O)NC4(C(=O)NS(=O)(=O)C5CC5)CC4/C=C/CCCCN(C)C(=O)C3C2)c1. The van der Waals surface area contributed by atoms with Crippen LogP contribution in [-0.4, -0.2) is 74.7 Å². The van der Waals surface area contributed by atoms with E-state index in [-0.39, 0.29) is 31.1 Å². The maximum atomic E-state index is 13.8. The van der Waals surface area contributed by atoms with Gasteiger partial charge < -0.3 is 19.7 Å². The van der Waals surface area contributed by atoms with E-state index in [4.69, 9.17) is 9.47 Å². The highest BCUT2D eigenvalue weighted by molar-refractivity contribution is 7.91. The molecule has 5 atom stereocenters. The first-order chi connectivity index (χ1) is 20.0. The number of allylic oxidation sites excluding steroid dienone is 1. The lowest BCUT2D eigenvalue weighted by atomic mass is 9.93. The first kappa shape index (κ1) is 29.9. The van der Waals surface area contributed by atoms with Gasteiger partial charge in [-0.05, 0) is 63.5 Å². The zero-order valence-electron chi connectivity index (χ0n) is 23.8. The summed E-state index contributed by atoms with van der Waals surface area (Å²) in [6.07, 6.45) is 6.16. The number of sulfonamides is 1. The number of carbonyl (C=O) groups is 4. The molecule has 12 nitrogen and oxygen atoms in total. The van der Waals surface area contributed by atoms with E-state index in [0.29, 0.717) is 30.8 Å². The summed E-state index contributed by atoms with van der Waals surface area (Å²) in [5.41, 5.74) is -0.951. The Morgan fingerprint density at radius 1 is 1.12 bits per heavy atom. The monoisotopic (exact) mass is 602 g/mol. The van der Waals surface area contributed by atoms with Crippen molar-refractivity contribution in [2.24, 2.45) is 17.8 Å². The number of anilines is 1. The second-order valence-corrected chi connectivity index (χ2v) is 13.7. The minimum absolute atomic E-state index is 0.0835. The van der Waals surface area contributed by atoms with Crippen LogP contribution in [0.2, 0.25) is 0 Å². The van der Waals surface area contributed by atoms with Gasteiger partial charge in [0, 0.05) is 31.3 Å². The van der Waals surface area contributed by atoms with Gasteiger partial charge in [0.1, 0.15) is 17.4 Å². The summed E-state index contributed by atoms with van der Waals surface area (Å²) in [6, 6.07) is 6.76. The number of hydrogen-bond acceptors (Lipinski definition) is 8. The molecule has 3 fully saturated rings. The second-order valence-electron chi connectivity index (χ2n) is 11.7. The van der Waals surface area contributed by atoms with Crippen LogP contribution in [0.5, 0.6) is 5.75 Å². The molecule has 1 heterocycles. The molecule has 3 N–H and O–H groups in total. The highest BCUT2D eigenvalue weighted by Gasteiger charge is 2.62. The zero-order valence-corrected chi connectivity index (χ0v) is 24.7. The van der Waals surface area contributed by atoms with Crippen molar-refractivity contribution in [3.05, 3.63) is 36.4 Å². The molecule has 5 unspecified atom stereocenters. The lowest BCUT2D eigenvalue weighted by Gasteiger charge is -2.26. The number of hydrogen-bond donors (Lipinski definition) is 3. The van der Waals surface area contributed by atoms with Gasteiger partial charge in [-0.3, -0.25) is 24.4 Å². The van der Waals surface area contributed by atoms with E-state index < -0.39 is 56.7 Å². The Labute approximate surface area is 245 Å². The first-order valence-electron chi connectivity index (χ1n) is 14.4. The van der Waals surface area contributed by atoms with Crippen molar-refractivity contribution in [1.29, 1.82) is 0 Å². The number of fused-ring (bicyclic) bond motifs is 2. The highest BCUT2D eigenvalue weighted by Crippen LogP contribution is 2.47. The number of rotatable bonds is 6. The van der Waals surface area contributed by atoms with Gasteiger partial charge in [-0.1, -0.05) is 18.2 Å². The molecule has 4 aliphatic rings. The largest absolute Gasteiger partial charge is 0.497 e. The summed E-state index contributed by atoms with van der Waals surface area (Å²) in [5, 5.41) is 4.89. The molecule has 0 aromatic heterocycles. The van der Waals surface area contributed by atoms with E-state index in [1.165, 1.54) is 7.11 Å². The molecular formula is C29H38N4O8S. The average molecular weight is 603 g/mol. The third kappa shape index (κ3) is 6.55. The minimum atomic E-state index is -3.82. The summed E-state index contributed by atoms with van der Waals surface area (Å²) in [6.45, 7) is 0.522. The summed E-state index contributed by atoms with van der Waals surface area (Å²) in [4.78, 5) is 54.9. The lowest BCUT2D eigenvalue weighted by molar-refractivity contribution is -0.140. The highest BCUT2D eigenvalue weighted by atomic mass is 32.2. The predicted octanol–water partition coefficient (Wildman–Crippen LogP) is 2.32. The third-order valence-corrected chi connectivity index (χ3v) is 10.4. The molecule has 1 aromatic rings. The minimum Gasteiger partial charge on any atom is -0.497 e. The van der Waals surface area contributed by atoms with Gasteiger partial charge in [-0.15, -0.1) is 0 Å². The number of nitrogens with zero attached hydrogens (tertiary/aromatic N) is 1. The van der Waals surface area contributed by atoms with Crippen LogP contribution in [0.4, 0.5) is 10.5 Å². The Hall–Kier alpha value is -3.61. The quantitative estimate of drug-likeness (QED) is 0.418. The van der Waals surface area contributed by atoms with Crippen molar-refractivity contribution >= 4 is 39.5 Å². The van der Waals surface area contributed by atoms with Crippen molar-refractivity contribution in [2.75, 3.05) is 26.0 Å². The maximum Gasteiger partial charge on any atom is 0.411 e. The molecular weight excluding hydrogens is 564 g/mol. The first-order valence-corrected chi connectivity index (χ1v) is 16.0. The number of carbonyl (C=O) groups excluding carboxylic acids is 4. The Kier molecular flexibility index (Phi) is 8.49. The Morgan fingerprint density at radius 2 is 1.88 bits per heavy atom. The summed E-state index contributed by atoms with van der Waals surface area (Å²) in [5.74, 6) is -2.97. The van der Waals surface area contributed by atoms with Gasteiger partial charge in [0.15, 0.2) is 0 Å². The van der Waals surface area contributed by atoms with Crippen molar-refractivity contribution in [3.63, 3.8) is 0 Å². The van der Waals surface area contributed by atoms with Crippen molar-refractivity contribution in [1.82, 2.24) is 14.9 Å². The number of methoxy groups -OCH3 is 1. The van der Waals surface area contributed by atoms with Crippen LogP contribution in [0.3, 0.4) is 0 Å². The van der Waals surface area contributed by atoms with Crippen molar-refractivity contribution < 1.29 is 37.1 Å². The molecule has 1 aromatic carbocycles. The fraction of sp³-hybridized carbons (Fsp3) is 0.586. The summed E-state index contributed by atoms with van der Waals surface area (Å²) in [7, 11) is -0.614. The molecule has 4 amide bonds. The van der Waals surface area contributed by atoms with E-state index in [2.05, 4.69) is 15.4 Å². The van der Waals surface area contributed by atoms with Crippen molar-refractivity contribution in [3.8, 4) is 5.75 Å². The number of nitrogens with one attached hydrogen (secondary N) is 3. The fourth-order valence-corrected chi connectivity index (χ4v) is 7.25. The van der Waals surface area contributed by atoms with Gasteiger partial charge in [0.2, 0.25) is 21.8 Å². The number of benzene rings is 1. The molecule has 3 saturated carbocycles. The standard InChI is InChI=1S/C29H38N4O8S/c1-33-13-6-4-3-5-8-18-17-29(18,27(36)32-42(38,39)22-11-12-22)31-25(34)23-15-21(16-24(23)26(33)35)41-28(37)30-19-9-7-10-20(14-19)40-2/h5,7-10,14,18,21-24H,3-4,6,11-13,15-17H2,1-2H3,(H,30,37)(H,31,34)(H,32,36)/b8-5+. The van der Waals surface area contributed by atoms with Crippen LogP contribution in [-0.2, 0) is 29.1 Å². The Morgan fingerprint density at radius 3 is 2.62 bits per heavy atom. The molecule has 0 saturated heterocycles. The third-order valence-electron chi connectivity index (χ3n) is 8.59. The molecule has 3 aliphatic carbocycles. The zero-order chi connectivity index (χ0) is 30.1. The van der Waals surface area contributed by atoms with Crippen LogP contribution >= 0.6 is 0 Å². The second kappa shape index (κ2) is 11.9. The average Bonchev–Trinajstić information content (AvgIpc) is 3.87. The molecule has 1 aliphatic heterocycles. The van der Waals surface area contributed by atoms with Crippen LogP contribution in [0.15, 0.2) is 36.4 Å². The van der Waals surface area contributed by atoms with E-state index >= 15 is 0 Å². The smallest absolute Gasteiger partial charge is 0.411 e. The van der Waals surface area contributed by atoms with E-state index in [0.717, 1.165) is 19.3 Å². The van der Waals surface area contributed by atoms with Crippen LogP contribution < -0.4 is 20.1 Å².